The molecule has 0 aromatic carbocycles. The van der Waals surface area contributed by atoms with E-state index < -0.39 is 5.97 Å². The molecule has 0 spiro atoms. The molecule has 18 heavy (non-hydrogen) atoms. The Hall–Kier alpha value is -1.73. The van der Waals surface area contributed by atoms with Gasteiger partial charge in [0, 0.05) is 23.8 Å². The number of rotatable bonds is 4. The van der Waals surface area contributed by atoms with Crippen molar-refractivity contribution in [1.82, 2.24) is 4.98 Å². The molecule has 2 rings (SSSR count). The Bertz CT molecular complexity index is 477. The smallest absolute Gasteiger partial charge is 0.328 e. The van der Waals surface area contributed by atoms with E-state index in [1.165, 1.54) is 23.6 Å². The first-order valence-corrected chi connectivity index (χ1v) is 6.22. The van der Waals surface area contributed by atoms with Crippen LogP contribution in [0.1, 0.15) is 11.3 Å². The summed E-state index contributed by atoms with van der Waals surface area (Å²) in [6.45, 7) is 1.06. The second-order valence-electron chi connectivity index (χ2n) is 3.79. The number of hydrogen-bond donors (Lipinski definition) is 2. The van der Waals surface area contributed by atoms with Gasteiger partial charge in [-0.15, -0.1) is 0 Å². The Morgan fingerprint density at radius 3 is 3.11 bits per heavy atom. The minimum absolute atomic E-state index is 0.101. The summed E-state index contributed by atoms with van der Waals surface area (Å²) in [6, 6.07) is 0. The molecule has 0 aliphatic carbocycles. The van der Waals surface area contributed by atoms with Crippen molar-refractivity contribution in [2.45, 2.75) is 6.42 Å². The van der Waals surface area contributed by atoms with Gasteiger partial charge in [0.05, 0.1) is 12.5 Å². The van der Waals surface area contributed by atoms with Crippen LogP contribution in [-0.2, 0) is 14.3 Å². The molecule has 1 unspecified atom stereocenters. The van der Waals surface area contributed by atoms with Crippen molar-refractivity contribution >= 4 is 34.4 Å². The molecule has 1 fully saturated rings. The molecule has 1 aromatic rings. The zero-order valence-electron chi connectivity index (χ0n) is 9.46. The van der Waals surface area contributed by atoms with E-state index in [1.807, 2.05) is 0 Å². The molecule has 1 saturated heterocycles. The quantitative estimate of drug-likeness (QED) is 0.801. The molecule has 1 atom stereocenters. The minimum atomic E-state index is -1.02. The van der Waals surface area contributed by atoms with Crippen LogP contribution in [0.25, 0.3) is 6.08 Å². The molecule has 7 heteroatoms. The average Bonchev–Trinajstić information content (AvgIpc) is 2.97. The average molecular weight is 268 g/mol. The Morgan fingerprint density at radius 2 is 2.44 bits per heavy atom. The number of ether oxygens (including phenoxy) is 1. The van der Waals surface area contributed by atoms with Crippen molar-refractivity contribution < 1.29 is 19.4 Å². The van der Waals surface area contributed by atoms with Gasteiger partial charge in [-0.05, 0) is 12.5 Å². The van der Waals surface area contributed by atoms with Crippen LogP contribution < -0.4 is 5.32 Å². The Balaban J connectivity index is 1.93. The highest BCUT2D eigenvalue weighted by atomic mass is 32.1. The van der Waals surface area contributed by atoms with E-state index in [4.69, 9.17) is 9.84 Å². The lowest BCUT2D eigenvalue weighted by Crippen LogP contribution is -2.22. The molecule has 0 bridgehead atoms. The van der Waals surface area contributed by atoms with Gasteiger partial charge in [0.2, 0.25) is 5.91 Å². The predicted octanol–water partition coefficient (Wildman–Crippen LogP) is 1.22. The maximum atomic E-state index is 11.8. The lowest BCUT2D eigenvalue weighted by Gasteiger charge is -2.05. The molecule has 1 aliphatic rings. The maximum Gasteiger partial charge on any atom is 0.328 e. The molecule has 1 amide bonds. The number of thiazole rings is 1. The maximum absolute atomic E-state index is 11.8. The number of hydrogen-bond acceptors (Lipinski definition) is 5. The topological polar surface area (TPSA) is 88.5 Å². The van der Waals surface area contributed by atoms with Crippen LogP contribution in [-0.4, -0.2) is 35.2 Å². The first-order valence-electron chi connectivity index (χ1n) is 5.40. The minimum Gasteiger partial charge on any atom is -0.478 e. The van der Waals surface area contributed by atoms with Gasteiger partial charge in [-0.3, -0.25) is 4.79 Å². The van der Waals surface area contributed by atoms with Gasteiger partial charge in [0.25, 0.3) is 0 Å². The van der Waals surface area contributed by atoms with E-state index in [0.717, 1.165) is 12.5 Å². The van der Waals surface area contributed by atoms with Crippen molar-refractivity contribution in [3.63, 3.8) is 0 Å². The number of aromatic nitrogens is 1. The largest absolute Gasteiger partial charge is 0.478 e. The molecule has 0 saturated carbocycles. The first-order chi connectivity index (χ1) is 8.65. The summed E-state index contributed by atoms with van der Waals surface area (Å²) in [5.41, 5.74) is 0. The SMILES string of the molecule is O=C(O)C=Cc1cnc(NC(=O)C2CCOC2)s1. The summed E-state index contributed by atoms with van der Waals surface area (Å²) in [5, 5.41) is 11.7. The molecule has 1 aromatic heterocycles. The van der Waals surface area contributed by atoms with Gasteiger partial charge in [0.15, 0.2) is 5.13 Å². The Morgan fingerprint density at radius 1 is 1.61 bits per heavy atom. The third kappa shape index (κ3) is 3.38. The summed E-state index contributed by atoms with van der Waals surface area (Å²) >= 11 is 1.23. The normalized spacial score (nSPS) is 19.2. The highest BCUT2D eigenvalue weighted by Gasteiger charge is 2.24. The lowest BCUT2D eigenvalue weighted by atomic mass is 10.1. The van der Waals surface area contributed by atoms with Gasteiger partial charge in [0.1, 0.15) is 0 Å². The van der Waals surface area contributed by atoms with Crippen LogP contribution >= 0.6 is 11.3 Å². The number of amides is 1. The summed E-state index contributed by atoms with van der Waals surface area (Å²) in [6.07, 6.45) is 4.71. The number of nitrogens with one attached hydrogen (secondary N) is 1. The van der Waals surface area contributed by atoms with Gasteiger partial charge in [-0.2, -0.15) is 0 Å². The highest BCUT2D eigenvalue weighted by Crippen LogP contribution is 2.21. The zero-order chi connectivity index (χ0) is 13.0. The molecule has 96 valence electrons. The van der Waals surface area contributed by atoms with Gasteiger partial charge < -0.3 is 15.2 Å². The second kappa shape index (κ2) is 5.74. The van der Waals surface area contributed by atoms with E-state index >= 15 is 0 Å². The number of aliphatic carboxylic acids is 1. The Kier molecular flexibility index (Phi) is 4.06. The number of carbonyl (C=O) groups excluding carboxylic acids is 1. The number of anilines is 1. The third-order valence-electron chi connectivity index (χ3n) is 2.44. The van der Waals surface area contributed by atoms with Crippen molar-refractivity contribution in [1.29, 1.82) is 0 Å². The van der Waals surface area contributed by atoms with E-state index in [1.54, 1.807) is 0 Å². The number of carbonyl (C=O) groups is 2. The van der Waals surface area contributed by atoms with E-state index in [2.05, 4.69) is 10.3 Å². The van der Waals surface area contributed by atoms with Crippen LogP contribution in [0.2, 0.25) is 0 Å². The fraction of sp³-hybridized carbons (Fsp3) is 0.364. The fourth-order valence-electron chi connectivity index (χ4n) is 1.52. The van der Waals surface area contributed by atoms with E-state index in [-0.39, 0.29) is 11.8 Å². The third-order valence-corrected chi connectivity index (χ3v) is 3.32. The van der Waals surface area contributed by atoms with Gasteiger partial charge >= 0.3 is 5.97 Å². The fourth-order valence-corrected chi connectivity index (χ4v) is 2.25. The Labute approximate surface area is 107 Å². The van der Waals surface area contributed by atoms with Gasteiger partial charge in [-0.1, -0.05) is 11.3 Å². The van der Waals surface area contributed by atoms with Crippen LogP contribution in [0.15, 0.2) is 12.3 Å². The zero-order valence-corrected chi connectivity index (χ0v) is 10.3. The van der Waals surface area contributed by atoms with E-state index in [9.17, 15) is 9.59 Å². The molecule has 1 aliphatic heterocycles. The standard InChI is InChI=1S/C11H12N2O4S/c14-9(15)2-1-8-5-12-11(18-8)13-10(16)7-3-4-17-6-7/h1-2,5,7H,3-4,6H2,(H,14,15)(H,12,13,16). The number of carboxylic acids is 1. The van der Waals surface area contributed by atoms with E-state index in [0.29, 0.717) is 23.2 Å². The van der Waals surface area contributed by atoms with Crippen molar-refractivity contribution in [3.05, 3.63) is 17.2 Å². The summed E-state index contributed by atoms with van der Waals surface area (Å²) < 4.78 is 5.13. The van der Waals surface area contributed by atoms with Crippen LogP contribution in [0.5, 0.6) is 0 Å². The van der Waals surface area contributed by atoms with Crippen molar-refractivity contribution in [2.24, 2.45) is 5.92 Å². The second-order valence-corrected chi connectivity index (χ2v) is 4.85. The summed E-state index contributed by atoms with van der Waals surface area (Å²) in [5.74, 6) is -1.24. The summed E-state index contributed by atoms with van der Waals surface area (Å²) in [4.78, 5) is 26.8. The van der Waals surface area contributed by atoms with Crippen molar-refractivity contribution in [2.75, 3.05) is 18.5 Å². The predicted molar refractivity (Wildman–Crippen MR) is 66.3 cm³/mol. The molecule has 0 radical (unpaired) electrons. The van der Waals surface area contributed by atoms with Gasteiger partial charge in [-0.25, -0.2) is 9.78 Å². The highest BCUT2D eigenvalue weighted by molar-refractivity contribution is 7.16. The molecule has 2 heterocycles. The van der Waals surface area contributed by atoms with Crippen LogP contribution in [0.4, 0.5) is 5.13 Å². The first kappa shape index (κ1) is 12.7. The molecule has 6 nitrogen and oxygen atoms in total. The number of nitrogens with zero attached hydrogens (tertiary/aromatic N) is 1. The molecular weight excluding hydrogens is 256 g/mol. The molecule has 2 N–H and O–H groups in total. The monoisotopic (exact) mass is 268 g/mol. The van der Waals surface area contributed by atoms with Crippen molar-refractivity contribution in [3.8, 4) is 0 Å². The number of carboxylic acid groups (broad SMARTS) is 1. The van der Waals surface area contributed by atoms with Crippen LogP contribution in [0, 0.1) is 5.92 Å². The lowest BCUT2D eigenvalue weighted by molar-refractivity contribution is -0.131. The molecular formula is C11H12N2O4S. The summed E-state index contributed by atoms with van der Waals surface area (Å²) in [7, 11) is 0. The van der Waals surface area contributed by atoms with Crippen LogP contribution in [0.3, 0.4) is 0 Å².